The number of carbonyl (C=O) groups excluding carboxylic acids is 1. The summed E-state index contributed by atoms with van der Waals surface area (Å²) in [5.74, 6) is 1.37. The van der Waals surface area contributed by atoms with Gasteiger partial charge in [0.15, 0.2) is 0 Å². The van der Waals surface area contributed by atoms with Gasteiger partial charge in [-0.25, -0.2) is 15.0 Å². The second-order valence-corrected chi connectivity index (χ2v) is 9.41. The number of aryl methyl sites for hydroxylation is 3. The number of rotatable bonds is 11. The number of nitrogens with zero attached hydrogens (tertiary/aromatic N) is 3. The van der Waals surface area contributed by atoms with Gasteiger partial charge in [-0.1, -0.05) is 12.1 Å². The van der Waals surface area contributed by atoms with Crippen LogP contribution in [0.4, 0.5) is 5.82 Å². The molecule has 3 aromatic rings. The number of thiazole rings is 1. The van der Waals surface area contributed by atoms with Crippen LogP contribution < -0.4 is 10.1 Å². The summed E-state index contributed by atoms with van der Waals surface area (Å²) < 4.78 is 10.4. The van der Waals surface area contributed by atoms with E-state index in [0.29, 0.717) is 25.3 Å². The Morgan fingerprint density at radius 1 is 1.17 bits per heavy atom. The van der Waals surface area contributed by atoms with Crippen LogP contribution in [-0.2, 0) is 35.2 Å². The number of pyridine rings is 2. The number of hydrogen-bond donors (Lipinski definition) is 1. The smallest absolute Gasteiger partial charge is 0.306 e. The number of methoxy groups -OCH3 is 1. The van der Waals surface area contributed by atoms with Crippen molar-refractivity contribution < 1.29 is 14.3 Å². The summed E-state index contributed by atoms with van der Waals surface area (Å²) in [5.41, 5.74) is 4.44. The molecule has 1 aliphatic rings. The van der Waals surface area contributed by atoms with Crippen LogP contribution in [0.25, 0.3) is 0 Å². The fourth-order valence-corrected chi connectivity index (χ4v) is 5.07. The van der Waals surface area contributed by atoms with Crippen molar-refractivity contribution in [3.63, 3.8) is 0 Å². The molecule has 0 unspecified atom stereocenters. The summed E-state index contributed by atoms with van der Waals surface area (Å²) in [6, 6.07) is 8.15. The SMILES string of the molecule is CCOC(=O)C[C@H](Cc1csc(CCCc2ccc3c(n2)NCCC3)n1)c1ccc(OC)nc1.Cl. The van der Waals surface area contributed by atoms with Crippen molar-refractivity contribution in [1.82, 2.24) is 15.0 Å². The number of ether oxygens (including phenoxy) is 2. The topological polar surface area (TPSA) is 86.2 Å². The van der Waals surface area contributed by atoms with Crippen LogP contribution in [-0.4, -0.2) is 41.2 Å². The zero-order valence-electron chi connectivity index (χ0n) is 20.3. The lowest BCUT2D eigenvalue weighted by Gasteiger charge is -2.17. The Balaban J connectivity index is 0.00000342. The van der Waals surface area contributed by atoms with Gasteiger partial charge in [0, 0.05) is 35.8 Å². The van der Waals surface area contributed by atoms with Crippen molar-refractivity contribution in [2.75, 3.05) is 25.6 Å². The Hall–Kier alpha value is -2.71. The molecule has 35 heavy (non-hydrogen) atoms. The van der Waals surface area contributed by atoms with Crippen LogP contribution >= 0.6 is 23.7 Å². The lowest BCUT2D eigenvalue weighted by Crippen LogP contribution is -2.14. The van der Waals surface area contributed by atoms with Gasteiger partial charge >= 0.3 is 5.97 Å². The van der Waals surface area contributed by atoms with Crippen molar-refractivity contribution in [1.29, 1.82) is 0 Å². The highest BCUT2D eigenvalue weighted by molar-refractivity contribution is 7.09. The summed E-state index contributed by atoms with van der Waals surface area (Å²) in [4.78, 5) is 26.2. The molecular formula is C26H33ClN4O3S. The van der Waals surface area contributed by atoms with Gasteiger partial charge in [-0.05, 0) is 62.6 Å². The highest BCUT2D eigenvalue weighted by Gasteiger charge is 2.20. The summed E-state index contributed by atoms with van der Waals surface area (Å²) in [6.45, 7) is 3.21. The predicted molar refractivity (Wildman–Crippen MR) is 141 cm³/mol. The van der Waals surface area contributed by atoms with Gasteiger partial charge < -0.3 is 14.8 Å². The number of nitrogens with one attached hydrogen (secondary N) is 1. The minimum Gasteiger partial charge on any atom is -0.481 e. The van der Waals surface area contributed by atoms with E-state index in [2.05, 4.69) is 27.8 Å². The third-order valence-electron chi connectivity index (χ3n) is 5.99. The molecule has 0 saturated heterocycles. The van der Waals surface area contributed by atoms with Gasteiger partial charge in [-0.15, -0.1) is 23.7 Å². The normalized spacial score (nSPS) is 13.2. The number of anilines is 1. The maximum Gasteiger partial charge on any atom is 0.306 e. The van der Waals surface area contributed by atoms with Gasteiger partial charge in [0.2, 0.25) is 5.88 Å². The van der Waals surface area contributed by atoms with Crippen LogP contribution in [0, 0.1) is 0 Å². The molecular weight excluding hydrogens is 484 g/mol. The number of aromatic nitrogens is 3. The fourth-order valence-electron chi connectivity index (χ4n) is 4.22. The van der Waals surface area contributed by atoms with E-state index in [9.17, 15) is 4.79 Å². The number of fused-ring (bicyclic) bond motifs is 1. The lowest BCUT2D eigenvalue weighted by atomic mass is 9.92. The molecule has 1 N–H and O–H groups in total. The molecule has 7 nitrogen and oxygen atoms in total. The molecule has 1 atom stereocenters. The van der Waals surface area contributed by atoms with E-state index in [1.165, 1.54) is 12.0 Å². The standard InChI is InChI=1S/C26H32N4O3S.ClH/c1-3-33-25(31)15-20(19-10-12-23(32-2)28-16-19)14-22-17-34-24(29-22)8-4-7-21-11-9-18-6-5-13-27-26(18)30-21;/h9-12,16-17,20H,3-8,13-15H2,1-2H3,(H,27,30);1H/t20-;/m0./s1. The molecule has 4 heterocycles. The van der Waals surface area contributed by atoms with Crippen molar-refractivity contribution in [2.45, 2.75) is 57.8 Å². The number of hydrogen-bond acceptors (Lipinski definition) is 8. The van der Waals surface area contributed by atoms with Crippen molar-refractivity contribution >= 4 is 35.5 Å². The summed E-state index contributed by atoms with van der Waals surface area (Å²) >= 11 is 1.68. The van der Waals surface area contributed by atoms with E-state index in [1.807, 2.05) is 19.1 Å². The first-order valence-electron chi connectivity index (χ1n) is 12.0. The fraction of sp³-hybridized carbons (Fsp3) is 0.462. The molecule has 0 saturated carbocycles. The first-order chi connectivity index (χ1) is 16.6. The second-order valence-electron chi connectivity index (χ2n) is 8.47. The molecule has 188 valence electrons. The molecule has 4 rings (SSSR count). The van der Waals surface area contributed by atoms with E-state index >= 15 is 0 Å². The maximum atomic E-state index is 12.2. The minimum atomic E-state index is -0.203. The van der Waals surface area contributed by atoms with Crippen LogP contribution in [0.2, 0.25) is 0 Å². The molecule has 0 aromatic carbocycles. The molecule has 1 aliphatic heterocycles. The van der Waals surface area contributed by atoms with Gasteiger partial charge in [0.25, 0.3) is 0 Å². The van der Waals surface area contributed by atoms with Crippen LogP contribution in [0.15, 0.2) is 35.8 Å². The van der Waals surface area contributed by atoms with Gasteiger partial charge in [0.1, 0.15) is 5.82 Å². The molecule has 0 bridgehead atoms. The Morgan fingerprint density at radius 3 is 2.83 bits per heavy atom. The minimum absolute atomic E-state index is 0. The molecule has 9 heteroatoms. The number of carbonyl (C=O) groups is 1. The molecule has 0 spiro atoms. The van der Waals surface area contributed by atoms with E-state index in [4.69, 9.17) is 19.4 Å². The Labute approximate surface area is 217 Å². The maximum absolute atomic E-state index is 12.2. The Kier molecular flexibility index (Phi) is 10.3. The van der Waals surface area contributed by atoms with E-state index in [1.54, 1.807) is 24.6 Å². The molecule has 0 fully saturated rings. The molecule has 0 radical (unpaired) electrons. The number of esters is 1. The Morgan fingerprint density at radius 2 is 2.06 bits per heavy atom. The van der Waals surface area contributed by atoms with Crippen molar-refractivity contribution in [2.24, 2.45) is 0 Å². The van der Waals surface area contributed by atoms with Crippen molar-refractivity contribution in [3.8, 4) is 5.88 Å². The first-order valence-corrected chi connectivity index (χ1v) is 12.8. The van der Waals surface area contributed by atoms with E-state index < -0.39 is 0 Å². The highest BCUT2D eigenvalue weighted by Crippen LogP contribution is 2.27. The second kappa shape index (κ2) is 13.4. The third-order valence-corrected chi connectivity index (χ3v) is 6.95. The molecule has 3 aromatic heterocycles. The molecule has 0 amide bonds. The average molecular weight is 517 g/mol. The third kappa shape index (κ3) is 7.64. The van der Waals surface area contributed by atoms with Crippen LogP contribution in [0.5, 0.6) is 5.88 Å². The largest absolute Gasteiger partial charge is 0.481 e. The summed E-state index contributed by atoms with van der Waals surface area (Å²) in [7, 11) is 1.59. The monoisotopic (exact) mass is 516 g/mol. The predicted octanol–water partition coefficient (Wildman–Crippen LogP) is 5.18. The highest BCUT2D eigenvalue weighted by atomic mass is 35.5. The van der Waals surface area contributed by atoms with Crippen molar-refractivity contribution in [3.05, 3.63) is 63.4 Å². The van der Waals surface area contributed by atoms with E-state index in [-0.39, 0.29) is 24.3 Å². The first kappa shape index (κ1) is 26.9. The quantitative estimate of drug-likeness (QED) is 0.351. The average Bonchev–Trinajstić information content (AvgIpc) is 3.31. The lowest BCUT2D eigenvalue weighted by molar-refractivity contribution is -0.143. The zero-order chi connectivity index (χ0) is 23.8. The Bertz CT molecular complexity index is 1090. The van der Waals surface area contributed by atoms with Gasteiger partial charge in [-0.3, -0.25) is 4.79 Å². The van der Waals surface area contributed by atoms with Gasteiger partial charge in [0.05, 0.1) is 30.8 Å². The van der Waals surface area contributed by atoms with E-state index in [0.717, 1.165) is 60.0 Å². The van der Waals surface area contributed by atoms with Crippen LogP contribution in [0.1, 0.15) is 59.6 Å². The zero-order valence-corrected chi connectivity index (χ0v) is 21.9. The molecule has 0 aliphatic carbocycles. The summed E-state index contributed by atoms with van der Waals surface area (Å²) in [5, 5.41) is 6.63. The number of halogens is 1. The van der Waals surface area contributed by atoms with Gasteiger partial charge in [-0.2, -0.15) is 0 Å². The summed E-state index contributed by atoms with van der Waals surface area (Å²) in [6.07, 6.45) is 7.89. The van der Waals surface area contributed by atoms with Crippen LogP contribution in [0.3, 0.4) is 0 Å².